The van der Waals surface area contributed by atoms with E-state index in [1.165, 1.54) is 10.8 Å². The summed E-state index contributed by atoms with van der Waals surface area (Å²) in [7, 11) is 0. The SMILES string of the molecule is C=C/C=C\C(=C/C)Nc1ccc2ccccc2c1. The van der Waals surface area contributed by atoms with Crippen LogP contribution in [-0.2, 0) is 0 Å². The van der Waals surface area contributed by atoms with E-state index >= 15 is 0 Å². The molecule has 0 unspecified atom stereocenters. The number of anilines is 1. The summed E-state index contributed by atoms with van der Waals surface area (Å²) in [5.74, 6) is 0. The maximum Gasteiger partial charge on any atom is 0.0390 e. The molecule has 2 rings (SSSR count). The molecular formula is C17H17N. The number of benzene rings is 2. The smallest absolute Gasteiger partial charge is 0.0390 e. The van der Waals surface area contributed by atoms with Gasteiger partial charge in [0.25, 0.3) is 0 Å². The summed E-state index contributed by atoms with van der Waals surface area (Å²) in [5.41, 5.74) is 2.15. The summed E-state index contributed by atoms with van der Waals surface area (Å²) < 4.78 is 0. The highest BCUT2D eigenvalue weighted by molar-refractivity contribution is 5.85. The van der Waals surface area contributed by atoms with E-state index in [2.05, 4.69) is 54.4 Å². The van der Waals surface area contributed by atoms with Crippen LogP contribution in [0.3, 0.4) is 0 Å². The molecule has 1 nitrogen and oxygen atoms in total. The zero-order valence-electron chi connectivity index (χ0n) is 10.6. The van der Waals surface area contributed by atoms with Crippen molar-refractivity contribution in [1.29, 1.82) is 0 Å². The van der Waals surface area contributed by atoms with Crippen molar-refractivity contribution in [2.45, 2.75) is 6.92 Å². The Morgan fingerprint density at radius 3 is 2.61 bits per heavy atom. The number of allylic oxidation sites excluding steroid dienone is 4. The minimum Gasteiger partial charge on any atom is -0.356 e. The van der Waals surface area contributed by atoms with Crippen LogP contribution < -0.4 is 5.32 Å². The van der Waals surface area contributed by atoms with E-state index in [0.717, 1.165) is 11.4 Å². The average molecular weight is 235 g/mol. The molecule has 1 heteroatoms. The lowest BCUT2D eigenvalue weighted by Gasteiger charge is -2.08. The summed E-state index contributed by atoms with van der Waals surface area (Å²) in [6.07, 6.45) is 7.73. The van der Waals surface area contributed by atoms with Gasteiger partial charge < -0.3 is 5.32 Å². The quantitative estimate of drug-likeness (QED) is 0.743. The zero-order chi connectivity index (χ0) is 12.8. The van der Waals surface area contributed by atoms with Gasteiger partial charge in [-0.05, 0) is 35.9 Å². The van der Waals surface area contributed by atoms with E-state index in [0.29, 0.717) is 0 Å². The lowest BCUT2D eigenvalue weighted by molar-refractivity contribution is 1.45. The molecule has 0 heterocycles. The molecule has 0 saturated carbocycles. The number of rotatable bonds is 4. The Kier molecular flexibility index (Phi) is 3.98. The number of hydrogen-bond acceptors (Lipinski definition) is 1. The van der Waals surface area contributed by atoms with Crippen LogP contribution in [0.1, 0.15) is 6.92 Å². The Labute approximate surface area is 108 Å². The zero-order valence-corrected chi connectivity index (χ0v) is 10.6. The van der Waals surface area contributed by atoms with Crippen molar-refractivity contribution in [2.75, 3.05) is 5.32 Å². The maximum absolute atomic E-state index is 3.67. The first-order valence-corrected chi connectivity index (χ1v) is 6.04. The van der Waals surface area contributed by atoms with E-state index in [1.807, 2.05) is 25.2 Å². The highest BCUT2D eigenvalue weighted by Gasteiger charge is 1.96. The van der Waals surface area contributed by atoms with E-state index in [4.69, 9.17) is 0 Å². The Hall–Kier alpha value is -2.28. The fourth-order valence-electron chi connectivity index (χ4n) is 1.82. The Morgan fingerprint density at radius 2 is 1.89 bits per heavy atom. The Balaban J connectivity index is 2.26. The minimum atomic E-state index is 1.06. The van der Waals surface area contributed by atoms with E-state index < -0.39 is 0 Å². The fourth-order valence-corrected chi connectivity index (χ4v) is 1.82. The lowest BCUT2D eigenvalue weighted by atomic mass is 10.1. The van der Waals surface area contributed by atoms with Gasteiger partial charge in [0.1, 0.15) is 0 Å². The van der Waals surface area contributed by atoms with E-state index in [1.54, 1.807) is 6.08 Å². The molecule has 0 saturated heterocycles. The number of hydrogen-bond donors (Lipinski definition) is 1. The third kappa shape index (κ3) is 2.89. The predicted molar refractivity (Wildman–Crippen MR) is 80.7 cm³/mol. The van der Waals surface area contributed by atoms with Crippen LogP contribution in [0.2, 0.25) is 0 Å². The maximum atomic E-state index is 3.67. The molecule has 0 amide bonds. The molecule has 0 atom stereocenters. The summed E-state index contributed by atoms with van der Waals surface area (Å²) >= 11 is 0. The van der Waals surface area contributed by atoms with E-state index in [9.17, 15) is 0 Å². The third-order valence-electron chi connectivity index (χ3n) is 2.76. The van der Waals surface area contributed by atoms with Crippen LogP contribution in [0.4, 0.5) is 5.69 Å². The van der Waals surface area contributed by atoms with Gasteiger partial charge in [-0.1, -0.05) is 55.1 Å². The average Bonchev–Trinajstić information content (AvgIpc) is 2.43. The molecule has 90 valence electrons. The van der Waals surface area contributed by atoms with Crippen molar-refractivity contribution in [3.05, 3.63) is 79.0 Å². The fraction of sp³-hybridized carbons (Fsp3) is 0.0588. The van der Waals surface area contributed by atoms with Crippen LogP contribution in [-0.4, -0.2) is 0 Å². The first-order chi connectivity index (χ1) is 8.83. The highest BCUT2D eigenvalue weighted by Crippen LogP contribution is 2.20. The first-order valence-electron chi connectivity index (χ1n) is 6.04. The van der Waals surface area contributed by atoms with Gasteiger partial charge >= 0.3 is 0 Å². The molecule has 0 aliphatic rings. The standard InChI is InChI=1S/C17H17N/c1-3-5-10-16(4-2)18-17-12-11-14-8-6-7-9-15(14)13-17/h3-13,18H,1H2,2H3/b10-5-,16-4+. The summed E-state index contributed by atoms with van der Waals surface area (Å²) in [6.45, 7) is 5.68. The van der Waals surface area contributed by atoms with Crippen LogP contribution in [0.5, 0.6) is 0 Å². The topological polar surface area (TPSA) is 12.0 Å². The second-order valence-corrected chi connectivity index (χ2v) is 4.03. The molecule has 2 aromatic rings. The molecule has 0 radical (unpaired) electrons. The lowest BCUT2D eigenvalue weighted by Crippen LogP contribution is -1.96. The molecule has 0 aliphatic carbocycles. The van der Waals surface area contributed by atoms with Gasteiger partial charge in [0.2, 0.25) is 0 Å². The van der Waals surface area contributed by atoms with Crippen molar-refractivity contribution in [2.24, 2.45) is 0 Å². The summed E-state index contributed by atoms with van der Waals surface area (Å²) in [4.78, 5) is 0. The van der Waals surface area contributed by atoms with E-state index in [-0.39, 0.29) is 0 Å². The van der Waals surface area contributed by atoms with Gasteiger partial charge in [-0.2, -0.15) is 0 Å². The van der Waals surface area contributed by atoms with Gasteiger partial charge in [0, 0.05) is 11.4 Å². The van der Waals surface area contributed by atoms with Gasteiger partial charge in [-0.15, -0.1) is 0 Å². The van der Waals surface area contributed by atoms with Crippen molar-refractivity contribution in [1.82, 2.24) is 0 Å². The highest BCUT2D eigenvalue weighted by atomic mass is 14.9. The van der Waals surface area contributed by atoms with Crippen LogP contribution in [0.15, 0.2) is 79.0 Å². The second-order valence-electron chi connectivity index (χ2n) is 4.03. The van der Waals surface area contributed by atoms with Gasteiger partial charge in [-0.3, -0.25) is 0 Å². The molecule has 0 spiro atoms. The first kappa shape index (κ1) is 12.2. The second kappa shape index (κ2) is 5.87. The number of nitrogens with one attached hydrogen (secondary N) is 1. The Bertz CT molecular complexity index is 606. The van der Waals surface area contributed by atoms with Gasteiger partial charge in [0.05, 0.1) is 0 Å². The van der Waals surface area contributed by atoms with Crippen molar-refractivity contribution in [3.63, 3.8) is 0 Å². The van der Waals surface area contributed by atoms with Crippen molar-refractivity contribution < 1.29 is 0 Å². The van der Waals surface area contributed by atoms with Crippen molar-refractivity contribution >= 4 is 16.5 Å². The molecule has 1 N–H and O–H groups in total. The molecule has 0 aromatic heterocycles. The molecule has 2 aromatic carbocycles. The van der Waals surface area contributed by atoms with Crippen LogP contribution >= 0.6 is 0 Å². The third-order valence-corrected chi connectivity index (χ3v) is 2.76. The molecular weight excluding hydrogens is 218 g/mol. The van der Waals surface area contributed by atoms with Gasteiger partial charge in [-0.25, -0.2) is 0 Å². The molecule has 0 bridgehead atoms. The van der Waals surface area contributed by atoms with Crippen LogP contribution in [0.25, 0.3) is 10.8 Å². The monoisotopic (exact) mass is 235 g/mol. The summed E-state index contributed by atoms with van der Waals surface area (Å²) in [6, 6.07) is 14.7. The minimum absolute atomic E-state index is 1.06. The Morgan fingerprint density at radius 1 is 1.11 bits per heavy atom. The van der Waals surface area contributed by atoms with Crippen LogP contribution in [0, 0.1) is 0 Å². The van der Waals surface area contributed by atoms with Gasteiger partial charge in [0.15, 0.2) is 0 Å². The normalized spacial score (nSPS) is 11.9. The molecule has 0 fully saturated rings. The molecule has 0 aliphatic heterocycles. The summed E-state index contributed by atoms with van der Waals surface area (Å²) in [5, 5.41) is 5.88. The van der Waals surface area contributed by atoms with Crippen molar-refractivity contribution in [3.8, 4) is 0 Å². The largest absolute Gasteiger partial charge is 0.356 e. The predicted octanol–water partition coefficient (Wildman–Crippen LogP) is 4.90. The number of fused-ring (bicyclic) bond motifs is 1. The molecule has 18 heavy (non-hydrogen) atoms.